The molecule has 28 heavy (non-hydrogen) atoms. The van der Waals surface area contributed by atoms with E-state index in [4.69, 9.17) is 4.74 Å². The average Bonchev–Trinajstić information content (AvgIpc) is 2.71. The largest absolute Gasteiger partial charge is 0.468 e. The van der Waals surface area contributed by atoms with Gasteiger partial charge >= 0.3 is 11.9 Å². The van der Waals surface area contributed by atoms with Crippen molar-refractivity contribution in [1.29, 1.82) is 0 Å². The van der Waals surface area contributed by atoms with Crippen molar-refractivity contribution in [2.24, 2.45) is 0 Å². The number of carbonyl (C=O) groups is 2. The molecule has 2 aromatic rings. The highest BCUT2D eigenvalue weighted by molar-refractivity contribution is 7.89. The van der Waals surface area contributed by atoms with Gasteiger partial charge in [0.25, 0.3) is 0 Å². The molecule has 2 rings (SSSR count). The van der Waals surface area contributed by atoms with E-state index in [9.17, 15) is 18.0 Å². The smallest absolute Gasteiger partial charge is 0.330 e. The summed E-state index contributed by atoms with van der Waals surface area (Å²) in [5.41, 5.74) is 1.06. The maximum absolute atomic E-state index is 12.9. The molecule has 0 radical (unpaired) electrons. The number of rotatable bonds is 8. The van der Waals surface area contributed by atoms with Crippen LogP contribution in [0.3, 0.4) is 0 Å². The van der Waals surface area contributed by atoms with Gasteiger partial charge in [-0.05, 0) is 29.7 Å². The summed E-state index contributed by atoms with van der Waals surface area (Å²) in [5.74, 6) is -1.31. The second kappa shape index (κ2) is 9.82. The number of nitrogens with one attached hydrogen (secondary N) is 1. The molecule has 0 aliphatic rings. The topological polar surface area (TPSA) is 98.8 Å². The molecule has 1 N–H and O–H groups in total. The van der Waals surface area contributed by atoms with Crippen LogP contribution in [0, 0.1) is 0 Å². The SMILES string of the molecule is COC(=O)/C=C/c1ccccc1S(=O)(=O)N[C@@H](Cc1ccccc1)C(=O)OC. The molecule has 0 amide bonds. The highest BCUT2D eigenvalue weighted by atomic mass is 32.2. The van der Waals surface area contributed by atoms with Crippen LogP contribution in [-0.4, -0.2) is 40.6 Å². The summed E-state index contributed by atoms with van der Waals surface area (Å²) in [6.45, 7) is 0. The fourth-order valence-corrected chi connectivity index (χ4v) is 3.89. The fourth-order valence-electron chi connectivity index (χ4n) is 2.50. The lowest BCUT2D eigenvalue weighted by atomic mass is 10.1. The lowest BCUT2D eigenvalue weighted by Gasteiger charge is -2.17. The van der Waals surface area contributed by atoms with E-state index in [2.05, 4.69) is 9.46 Å². The molecule has 0 aromatic heterocycles. The minimum absolute atomic E-state index is 0.0721. The number of methoxy groups -OCH3 is 2. The van der Waals surface area contributed by atoms with Crippen LogP contribution >= 0.6 is 0 Å². The summed E-state index contributed by atoms with van der Waals surface area (Å²) >= 11 is 0. The van der Waals surface area contributed by atoms with E-state index in [1.807, 2.05) is 6.07 Å². The van der Waals surface area contributed by atoms with Crippen LogP contribution in [0.5, 0.6) is 0 Å². The highest BCUT2D eigenvalue weighted by Gasteiger charge is 2.27. The Morgan fingerprint density at radius 2 is 1.64 bits per heavy atom. The van der Waals surface area contributed by atoms with Crippen LogP contribution in [0.15, 0.2) is 65.6 Å². The molecular weight excluding hydrogens is 382 g/mol. The summed E-state index contributed by atoms with van der Waals surface area (Å²) in [4.78, 5) is 23.4. The normalized spacial score (nSPS) is 12.5. The number of carbonyl (C=O) groups excluding carboxylic acids is 2. The monoisotopic (exact) mass is 403 g/mol. The number of hydrogen-bond donors (Lipinski definition) is 1. The Kier molecular flexibility index (Phi) is 7.48. The molecular formula is C20H21NO6S. The molecule has 0 bridgehead atoms. The molecule has 7 nitrogen and oxygen atoms in total. The first-order chi connectivity index (χ1) is 13.4. The summed E-state index contributed by atoms with van der Waals surface area (Å²) in [5, 5.41) is 0. The first-order valence-electron chi connectivity index (χ1n) is 8.36. The summed E-state index contributed by atoms with van der Waals surface area (Å²) in [6, 6.07) is 14.0. The van der Waals surface area contributed by atoms with E-state index in [0.29, 0.717) is 0 Å². The van der Waals surface area contributed by atoms with E-state index in [-0.39, 0.29) is 16.9 Å². The Balaban J connectivity index is 2.33. The highest BCUT2D eigenvalue weighted by Crippen LogP contribution is 2.18. The summed E-state index contributed by atoms with van der Waals surface area (Å²) in [7, 11) is -1.65. The molecule has 0 unspecified atom stereocenters. The average molecular weight is 403 g/mol. The number of hydrogen-bond acceptors (Lipinski definition) is 6. The van der Waals surface area contributed by atoms with Gasteiger partial charge in [-0.2, -0.15) is 4.72 Å². The van der Waals surface area contributed by atoms with Crippen molar-refractivity contribution < 1.29 is 27.5 Å². The molecule has 0 aliphatic carbocycles. The quantitative estimate of drug-likeness (QED) is 0.534. The van der Waals surface area contributed by atoms with E-state index in [1.54, 1.807) is 42.5 Å². The molecule has 1 atom stereocenters. The number of esters is 2. The molecule has 8 heteroatoms. The van der Waals surface area contributed by atoms with Crippen molar-refractivity contribution in [2.45, 2.75) is 17.4 Å². The van der Waals surface area contributed by atoms with Crippen LogP contribution in [0.2, 0.25) is 0 Å². The van der Waals surface area contributed by atoms with Crippen molar-refractivity contribution in [3.05, 3.63) is 71.8 Å². The Morgan fingerprint density at radius 3 is 2.29 bits per heavy atom. The first-order valence-corrected chi connectivity index (χ1v) is 9.85. The lowest BCUT2D eigenvalue weighted by Crippen LogP contribution is -2.43. The van der Waals surface area contributed by atoms with Crippen molar-refractivity contribution in [1.82, 2.24) is 4.72 Å². The van der Waals surface area contributed by atoms with E-state index < -0.39 is 28.0 Å². The predicted molar refractivity (Wildman–Crippen MR) is 104 cm³/mol. The molecule has 0 spiro atoms. The Morgan fingerprint density at radius 1 is 1.00 bits per heavy atom. The minimum Gasteiger partial charge on any atom is -0.468 e. The second-order valence-corrected chi connectivity index (χ2v) is 7.46. The molecule has 0 saturated carbocycles. The third-order valence-corrected chi connectivity index (χ3v) is 5.42. The maximum Gasteiger partial charge on any atom is 0.330 e. The zero-order valence-electron chi connectivity index (χ0n) is 15.5. The zero-order valence-corrected chi connectivity index (χ0v) is 16.3. The molecule has 2 aromatic carbocycles. The standard InChI is InChI=1S/C20H21NO6S/c1-26-19(22)13-12-16-10-6-7-11-18(16)28(24,25)21-17(20(23)27-2)14-15-8-4-3-5-9-15/h3-13,17,21H,14H2,1-2H3/b13-12+/t17-/m0/s1. The van der Waals surface area contributed by atoms with Crippen LogP contribution in [0.25, 0.3) is 6.08 Å². The van der Waals surface area contributed by atoms with Gasteiger partial charge in [0.1, 0.15) is 6.04 Å². The van der Waals surface area contributed by atoms with Gasteiger partial charge in [-0.15, -0.1) is 0 Å². The third kappa shape index (κ3) is 5.77. The number of benzene rings is 2. The number of ether oxygens (including phenoxy) is 2. The van der Waals surface area contributed by atoms with Crippen LogP contribution in [0.4, 0.5) is 0 Å². The maximum atomic E-state index is 12.9. The van der Waals surface area contributed by atoms with Gasteiger partial charge < -0.3 is 9.47 Å². The Bertz CT molecular complexity index is 954. The van der Waals surface area contributed by atoms with Gasteiger partial charge in [0.15, 0.2) is 0 Å². The van der Waals surface area contributed by atoms with Gasteiger partial charge in [0.05, 0.1) is 19.1 Å². The van der Waals surface area contributed by atoms with E-state index in [0.717, 1.165) is 11.6 Å². The van der Waals surface area contributed by atoms with Gasteiger partial charge in [-0.25, -0.2) is 13.2 Å². The second-order valence-electron chi connectivity index (χ2n) is 5.78. The summed E-state index contributed by atoms with van der Waals surface area (Å²) in [6.07, 6.45) is 2.59. The molecule has 148 valence electrons. The predicted octanol–water partition coefficient (Wildman–Crippen LogP) is 1.94. The van der Waals surface area contributed by atoms with E-state index in [1.165, 1.54) is 26.4 Å². The van der Waals surface area contributed by atoms with Gasteiger partial charge in [-0.3, -0.25) is 4.79 Å². The first kappa shape index (κ1) is 21.3. The van der Waals surface area contributed by atoms with Gasteiger partial charge in [-0.1, -0.05) is 48.5 Å². The van der Waals surface area contributed by atoms with Crippen molar-refractivity contribution in [3.63, 3.8) is 0 Å². The zero-order chi connectivity index (χ0) is 20.6. The van der Waals surface area contributed by atoms with Gasteiger partial charge in [0, 0.05) is 6.08 Å². The lowest BCUT2D eigenvalue weighted by molar-refractivity contribution is -0.142. The Hall–Kier alpha value is -2.97. The van der Waals surface area contributed by atoms with Crippen LogP contribution < -0.4 is 4.72 Å². The fraction of sp³-hybridized carbons (Fsp3) is 0.200. The van der Waals surface area contributed by atoms with Crippen LogP contribution in [-0.2, 0) is 35.5 Å². The van der Waals surface area contributed by atoms with Crippen molar-refractivity contribution >= 4 is 28.0 Å². The summed E-state index contributed by atoms with van der Waals surface area (Å²) < 4.78 is 37.5. The molecule has 0 fully saturated rings. The molecule has 0 saturated heterocycles. The van der Waals surface area contributed by atoms with Gasteiger partial charge in [0.2, 0.25) is 10.0 Å². The number of sulfonamides is 1. The van der Waals surface area contributed by atoms with Crippen molar-refractivity contribution in [2.75, 3.05) is 14.2 Å². The molecule has 0 heterocycles. The third-order valence-electron chi connectivity index (χ3n) is 3.87. The van der Waals surface area contributed by atoms with E-state index >= 15 is 0 Å². The Labute approximate surface area is 164 Å². The molecule has 0 aliphatic heterocycles. The minimum atomic E-state index is -4.07. The van der Waals surface area contributed by atoms with Crippen LogP contribution in [0.1, 0.15) is 11.1 Å². The van der Waals surface area contributed by atoms with Crippen molar-refractivity contribution in [3.8, 4) is 0 Å².